The van der Waals surface area contributed by atoms with Crippen molar-refractivity contribution in [1.29, 1.82) is 0 Å². The van der Waals surface area contributed by atoms with Crippen LogP contribution in [0.25, 0.3) is 11.1 Å². The predicted octanol–water partition coefficient (Wildman–Crippen LogP) is 8.27. The molecule has 3 rings (SSSR count). The van der Waals surface area contributed by atoms with Gasteiger partial charge in [0.2, 0.25) is 0 Å². The van der Waals surface area contributed by atoms with Crippen molar-refractivity contribution >= 4 is 11.9 Å². The maximum atomic E-state index is 12.5. The minimum absolute atomic E-state index is 0.294. The Morgan fingerprint density at radius 1 is 0.641 bits per heavy atom. The molecule has 0 saturated carbocycles. The van der Waals surface area contributed by atoms with Gasteiger partial charge in [0.15, 0.2) is 0 Å². The number of unbranched alkanes of at least 4 members (excludes halogenated alkanes) is 7. The van der Waals surface area contributed by atoms with E-state index in [1.807, 2.05) is 24.3 Å². The Labute approximate surface area is 232 Å². The fourth-order valence-electron chi connectivity index (χ4n) is 4.02. The molecule has 5 heteroatoms. The lowest BCUT2D eigenvalue weighted by Crippen LogP contribution is -2.08. The zero-order chi connectivity index (χ0) is 27.7. The first kappa shape index (κ1) is 29.5. The number of hydrogen-bond acceptors (Lipinski definition) is 5. The van der Waals surface area contributed by atoms with E-state index in [2.05, 4.69) is 12.8 Å². The van der Waals surface area contributed by atoms with E-state index in [0.717, 1.165) is 43.2 Å². The molecule has 0 heterocycles. The van der Waals surface area contributed by atoms with Crippen LogP contribution in [0, 0.1) is 12.3 Å². The van der Waals surface area contributed by atoms with Crippen molar-refractivity contribution in [2.24, 2.45) is 0 Å². The summed E-state index contributed by atoms with van der Waals surface area (Å²) < 4.78 is 16.6. The Balaban J connectivity index is 1.44. The van der Waals surface area contributed by atoms with Crippen LogP contribution in [0.1, 0.15) is 85.4 Å². The van der Waals surface area contributed by atoms with Gasteiger partial charge in [-0.3, -0.25) is 0 Å². The van der Waals surface area contributed by atoms with Crippen LogP contribution < -0.4 is 9.47 Å². The number of carbonyl (C=O) groups excluding carboxylic acids is 2. The number of terminal acetylenes is 1. The summed E-state index contributed by atoms with van der Waals surface area (Å²) in [5, 5.41) is 0. The highest BCUT2D eigenvalue weighted by molar-refractivity contribution is 5.91. The van der Waals surface area contributed by atoms with Gasteiger partial charge in [0.25, 0.3) is 0 Å². The zero-order valence-corrected chi connectivity index (χ0v) is 22.8. The molecule has 0 bridgehead atoms. The van der Waals surface area contributed by atoms with Gasteiger partial charge in [0.05, 0.1) is 24.3 Å². The van der Waals surface area contributed by atoms with Crippen LogP contribution in [0.2, 0.25) is 0 Å². The van der Waals surface area contributed by atoms with E-state index in [1.54, 1.807) is 48.5 Å². The Morgan fingerprint density at radius 3 is 1.85 bits per heavy atom. The molecule has 0 spiro atoms. The summed E-state index contributed by atoms with van der Waals surface area (Å²) >= 11 is 0. The fraction of sp³-hybridized carbons (Fsp3) is 0.353. The molecular formula is C34H38O5. The Kier molecular flexibility index (Phi) is 12.7. The molecule has 0 radical (unpaired) electrons. The van der Waals surface area contributed by atoms with Gasteiger partial charge in [-0.2, -0.15) is 0 Å². The van der Waals surface area contributed by atoms with Crippen LogP contribution in [0.15, 0.2) is 72.8 Å². The Hall–Kier alpha value is -4.04. The number of hydrogen-bond donors (Lipinski definition) is 0. The summed E-state index contributed by atoms with van der Waals surface area (Å²) in [5.74, 6) is 3.03. The van der Waals surface area contributed by atoms with E-state index in [0.29, 0.717) is 35.8 Å². The number of benzene rings is 3. The summed E-state index contributed by atoms with van der Waals surface area (Å²) in [6.45, 7) is 3.24. The normalized spacial score (nSPS) is 10.5. The first-order valence-electron chi connectivity index (χ1n) is 13.9. The van der Waals surface area contributed by atoms with Crippen LogP contribution in [0.4, 0.5) is 0 Å². The minimum Gasteiger partial charge on any atom is -0.494 e. The van der Waals surface area contributed by atoms with E-state index >= 15 is 0 Å². The lowest BCUT2D eigenvalue weighted by atomic mass is 10.0. The van der Waals surface area contributed by atoms with Gasteiger partial charge in [-0.15, -0.1) is 12.3 Å². The molecule has 5 nitrogen and oxygen atoms in total. The molecule has 39 heavy (non-hydrogen) atoms. The van der Waals surface area contributed by atoms with E-state index in [4.69, 9.17) is 20.6 Å². The molecule has 0 aliphatic heterocycles. The second-order valence-electron chi connectivity index (χ2n) is 9.43. The molecule has 0 saturated heterocycles. The highest BCUT2D eigenvalue weighted by Gasteiger charge is 2.10. The third kappa shape index (κ3) is 10.3. The molecule has 0 unspecified atom stereocenters. The van der Waals surface area contributed by atoms with Crippen molar-refractivity contribution in [1.82, 2.24) is 0 Å². The van der Waals surface area contributed by atoms with Crippen LogP contribution in [-0.4, -0.2) is 25.2 Å². The van der Waals surface area contributed by atoms with Crippen molar-refractivity contribution in [2.45, 2.75) is 64.7 Å². The number of rotatable bonds is 16. The zero-order valence-electron chi connectivity index (χ0n) is 22.8. The quantitative estimate of drug-likeness (QED) is 0.0813. The lowest BCUT2D eigenvalue weighted by molar-refractivity contribution is 0.0497. The molecule has 0 aromatic heterocycles. The fourth-order valence-corrected chi connectivity index (χ4v) is 4.02. The predicted molar refractivity (Wildman–Crippen MR) is 155 cm³/mol. The monoisotopic (exact) mass is 526 g/mol. The van der Waals surface area contributed by atoms with Crippen LogP contribution >= 0.6 is 0 Å². The molecule has 204 valence electrons. The molecular weight excluding hydrogens is 488 g/mol. The van der Waals surface area contributed by atoms with Crippen molar-refractivity contribution < 1.29 is 23.8 Å². The van der Waals surface area contributed by atoms with Crippen molar-refractivity contribution in [3.05, 3.63) is 83.9 Å². The summed E-state index contributed by atoms with van der Waals surface area (Å²) in [6, 6.07) is 21.5. The molecule has 0 N–H and O–H groups in total. The highest BCUT2D eigenvalue weighted by Crippen LogP contribution is 2.24. The highest BCUT2D eigenvalue weighted by atomic mass is 16.5. The minimum atomic E-state index is -0.438. The van der Waals surface area contributed by atoms with Gasteiger partial charge in [0, 0.05) is 6.42 Å². The van der Waals surface area contributed by atoms with Crippen LogP contribution in [0.3, 0.4) is 0 Å². The largest absolute Gasteiger partial charge is 0.494 e. The van der Waals surface area contributed by atoms with Crippen LogP contribution in [-0.2, 0) is 4.74 Å². The SMILES string of the molecule is C#CCCCCOc1ccc(C(=O)Oc2ccc(-c3ccc(C(=O)OCCCCCCCC)cc3)cc2)cc1. The number of ether oxygens (including phenoxy) is 3. The average Bonchev–Trinajstić information content (AvgIpc) is 2.97. The standard InChI is InChI=1S/C34H38O5/c1-3-5-7-9-10-12-26-38-33(35)29-15-13-27(14-16-29)28-17-23-32(24-18-28)39-34(36)30-19-21-31(22-20-30)37-25-11-8-6-4-2/h2,13-24H,3,5-12,25-26H2,1H3. The van der Waals surface area contributed by atoms with Crippen molar-refractivity contribution in [3.8, 4) is 35.0 Å². The van der Waals surface area contributed by atoms with Gasteiger partial charge < -0.3 is 14.2 Å². The molecule has 0 aliphatic rings. The molecule has 3 aromatic rings. The summed E-state index contributed by atoms with van der Waals surface area (Å²) in [6.07, 6.45) is 14.7. The molecule has 0 atom stereocenters. The van der Waals surface area contributed by atoms with Crippen molar-refractivity contribution in [2.75, 3.05) is 13.2 Å². The van der Waals surface area contributed by atoms with Crippen molar-refractivity contribution in [3.63, 3.8) is 0 Å². The number of esters is 2. The maximum Gasteiger partial charge on any atom is 0.343 e. The summed E-state index contributed by atoms with van der Waals surface area (Å²) in [7, 11) is 0. The maximum absolute atomic E-state index is 12.5. The summed E-state index contributed by atoms with van der Waals surface area (Å²) in [4.78, 5) is 24.8. The molecule has 0 fully saturated rings. The molecule has 3 aromatic carbocycles. The Bertz CT molecular complexity index is 1190. The lowest BCUT2D eigenvalue weighted by Gasteiger charge is -2.09. The average molecular weight is 527 g/mol. The van der Waals surface area contributed by atoms with E-state index in [-0.39, 0.29) is 5.97 Å². The van der Waals surface area contributed by atoms with Gasteiger partial charge in [-0.05, 0) is 78.9 Å². The first-order valence-corrected chi connectivity index (χ1v) is 13.9. The topological polar surface area (TPSA) is 61.8 Å². The third-order valence-corrected chi connectivity index (χ3v) is 6.32. The second-order valence-corrected chi connectivity index (χ2v) is 9.43. The van der Waals surface area contributed by atoms with E-state index in [9.17, 15) is 9.59 Å². The van der Waals surface area contributed by atoms with E-state index in [1.165, 1.54) is 25.7 Å². The smallest absolute Gasteiger partial charge is 0.343 e. The number of carbonyl (C=O) groups is 2. The third-order valence-electron chi connectivity index (χ3n) is 6.32. The van der Waals surface area contributed by atoms with Gasteiger partial charge in [-0.25, -0.2) is 9.59 Å². The Morgan fingerprint density at radius 2 is 1.18 bits per heavy atom. The van der Waals surface area contributed by atoms with Gasteiger partial charge >= 0.3 is 11.9 Å². The second kappa shape index (κ2) is 16.7. The van der Waals surface area contributed by atoms with Gasteiger partial charge in [0.1, 0.15) is 11.5 Å². The summed E-state index contributed by atoms with van der Waals surface area (Å²) in [5.41, 5.74) is 2.88. The molecule has 0 amide bonds. The van der Waals surface area contributed by atoms with E-state index < -0.39 is 5.97 Å². The first-order chi connectivity index (χ1) is 19.1. The molecule has 0 aliphatic carbocycles. The van der Waals surface area contributed by atoms with Crippen LogP contribution in [0.5, 0.6) is 11.5 Å². The van der Waals surface area contributed by atoms with Gasteiger partial charge in [-0.1, -0.05) is 63.3 Å².